The molecule has 0 aliphatic carbocycles. The number of rotatable bonds is 4. The summed E-state index contributed by atoms with van der Waals surface area (Å²) in [4.78, 5) is 8.25. The van der Waals surface area contributed by atoms with Crippen LogP contribution in [0.15, 0.2) is 17.9 Å². The molecule has 0 unspecified atom stereocenters. The maximum absolute atomic E-state index is 11.1. The maximum Gasteiger partial charge on any atom is 3.00 e. The van der Waals surface area contributed by atoms with Crippen molar-refractivity contribution in [3.05, 3.63) is 33.2 Å². The standard InChI is InChI=1S/C6H2Br4O2.2C5H14N2.CH4O.Co.NO3/c7-1-2(8)4(10)6(12)5(11)3(1)9;2*1-5(2,3-6)4-7;1-2;;2-1(3)4/h11-12H;2*3-4,6-7H2,1-2H3;2H,1H3;;/q;;;;+3;-1/p-2. The largest absolute Gasteiger partial charge is 3.00 e. The van der Waals surface area contributed by atoms with E-state index in [1.165, 1.54) is 0 Å². The van der Waals surface area contributed by atoms with Gasteiger partial charge in [-0.25, -0.2) is 0 Å². The second-order valence-corrected chi connectivity index (χ2v) is 10.5. The van der Waals surface area contributed by atoms with E-state index in [0.717, 1.165) is 7.11 Å². The molecule has 198 valence electrons. The number of hydrogen-bond acceptors (Lipinski definition) is 10. The van der Waals surface area contributed by atoms with Crippen LogP contribution in [0.4, 0.5) is 0 Å². The predicted octanol–water partition coefficient (Wildman–Crippen LogP) is 2.11. The van der Waals surface area contributed by atoms with Crippen molar-refractivity contribution in [3.8, 4) is 11.5 Å². The Hall–Kier alpha value is 0.246. The normalized spacial score (nSPS) is 9.76. The molecule has 0 heterocycles. The molecule has 0 saturated heterocycles. The summed E-state index contributed by atoms with van der Waals surface area (Å²) in [5, 5.41) is 44.0. The summed E-state index contributed by atoms with van der Waals surface area (Å²) in [5.41, 5.74) is 21.6. The summed E-state index contributed by atoms with van der Waals surface area (Å²) >= 11 is 12.3. The van der Waals surface area contributed by atoms with Crippen LogP contribution in [0, 0.1) is 26.2 Å². The first-order valence-corrected chi connectivity index (χ1v) is 11.9. The average Bonchev–Trinajstić information content (AvgIpc) is 2.76. The van der Waals surface area contributed by atoms with Crippen LogP contribution in [-0.2, 0) is 16.8 Å². The molecule has 33 heavy (non-hydrogen) atoms. The number of aliphatic hydroxyl groups excluding tert-OH is 1. The van der Waals surface area contributed by atoms with Gasteiger partial charge in [0.2, 0.25) is 0 Å². The zero-order valence-electron chi connectivity index (χ0n) is 18.9. The van der Waals surface area contributed by atoms with Crippen LogP contribution in [0.1, 0.15) is 27.7 Å². The first kappa shape index (κ1) is 43.3. The van der Waals surface area contributed by atoms with E-state index >= 15 is 0 Å². The maximum atomic E-state index is 11.1. The number of benzene rings is 1. The minimum atomic E-state index is -1.75. The molecular weight excluding hydrogens is 749 g/mol. The summed E-state index contributed by atoms with van der Waals surface area (Å²) < 4.78 is 1.56. The van der Waals surface area contributed by atoms with Crippen molar-refractivity contribution >= 4 is 63.7 Å². The molecule has 9 N–H and O–H groups in total. The Morgan fingerprint density at radius 3 is 0.939 bits per heavy atom. The molecule has 0 amide bonds. The number of nitrogens with two attached hydrogens (primary N) is 4. The number of hydrogen-bond donors (Lipinski definition) is 5. The Balaban J connectivity index is -0.000000109. The van der Waals surface area contributed by atoms with Crippen LogP contribution >= 0.6 is 63.7 Å². The minimum Gasteiger partial charge on any atom is -0.872 e. The fourth-order valence-corrected chi connectivity index (χ4v) is 2.80. The summed E-state index contributed by atoms with van der Waals surface area (Å²) in [7, 11) is 1.00. The molecule has 0 aliphatic heterocycles. The third-order valence-electron chi connectivity index (χ3n) is 3.39. The van der Waals surface area contributed by atoms with E-state index in [0.29, 0.717) is 35.1 Å². The topological polar surface area (TPSA) is 237 Å². The fourth-order valence-electron chi connectivity index (χ4n) is 0.758. The second kappa shape index (κ2) is 22.7. The van der Waals surface area contributed by atoms with Crippen molar-refractivity contribution in [1.82, 2.24) is 0 Å². The van der Waals surface area contributed by atoms with Crippen LogP contribution in [0.25, 0.3) is 0 Å². The fraction of sp³-hybridized carbons (Fsp3) is 0.647. The molecule has 0 spiro atoms. The van der Waals surface area contributed by atoms with E-state index in [1.807, 2.05) is 27.7 Å². The smallest absolute Gasteiger partial charge is 0.872 e. The number of halogens is 4. The Bertz CT molecular complexity index is 536. The molecule has 0 radical (unpaired) electrons. The van der Waals surface area contributed by atoms with Crippen molar-refractivity contribution in [3.63, 3.8) is 0 Å². The van der Waals surface area contributed by atoms with Crippen LogP contribution in [-0.4, -0.2) is 43.5 Å². The molecular formula is C17H32Br4CoN5O6. The van der Waals surface area contributed by atoms with Gasteiger partial charge in [-0.15, -0.1) is 11.5 Å². The van der Waals surface area contributed by atoms with E-state index < -0.39 is 16.6 Å². The van der Waals surface area contributed by atoms with Crippen molar-refractivity contribution < 1.29 is 37.2 Å². The molecule has 0 bridgehead atoms. The third-order valence-corrected chi connectivity index (χ3v) is 8.09. The van der Waals surface area contributed by atoms with E-state index in [-0.39, 0.29) is 36.6 Å². The predicted molar refractivity (Wildman–Crippen MR) is 138 cm³/mol. The van der Waals surface area contributed by atoms with Crippen molar-refractivity contribution in [2.24, 2.45) is 33.8 Å². The zero-order valence-corrected chi connectivity index (χ0v) is 26.3. The van der Waals surface area contributed by atoms with Gasteiger partial charge in [-0.05, 0) is 68.9 Å². The van der Waals surface area contributed by atoms with Crippen LogP contribution in [0.3, 0.4) is 0 Å². The van der Waals surface area contributed by atoms with Gasteiger partial charge < -0.3 is 53.6 Å². The Morgan fingerprint density at radius 1 is 0.697 bits per heavy atom. The molecule has 16 heteroatoms. The summed E-state index contributed by atoms with van der Waals surface area (Å²) in [6.45, 7) is 10.9. The van der Waals surface area contributed by atoms with E-state index in [4.69, 9.17) is 43.4 Å². The first-order chi connectivity index (χ1) is 14.4. The number of aliphatic hydroxyl groups is 1. The molecule has 0 saturated carbocycles. The quantitative estimate of drug-likeness (QED) is 0.129. The van der Waals surface area contributed by atoms with Gasteiger partial charge in [0.1, 0.15) is 0 Å². The monoisotopic (exact) mass is 777 g/mol. The number of nitrogens with zero attached hydrogens (tertiary/aromatic N) is 1. The zero-order chi connectivity index (χ0) is 26.9. The van der Waals surface area contributed by atoms with Gasteiger partial charge in [-0.3, -0.25) is 0 Å². The van der Waals surface area contributed by atoms with Gasteiger partial charge >= 0.3 is 16.8 Å². The van der Waals surface area contributed by atoms with Crippen molar-refractivity contribution in [1.29, 1.82) is 0 Å². The van der Waals surface area contributed by atoms with Crippen LogP contribution < -0.4 is 33.1 Å². The van der Waals surface area contributed by atoms with Gasteiger partial charge in [0.05, 0.1) is 5.09 Å². The van der Waals surface area contributed by atoms with Gasteiger partial charge in [-0.1, -0.05) is 59.6 Å². The SMILES string of the molecule is CC(C)(CN)CN.CC(C)(CN)CN.CO.O=[N+]([O-])[O-].[Co+3].[O-]c1c([O-])c(Br)c(Br)c(Br)c1Br. The molecule has 1 aromatic rings. The summed E-state index contributed by atoms with van der Waals surface area (Å²) in [5.74, 6) is -1.12. The molecule has 1 aromatic carbocycles. The van der Waals surface area contributed by atoms with E-state index in [1.54, 1.807) is 0 Å². The van der Waals surface area contributed by atoms with Crippen LogP contribution in [0.2, 0.25) is 0 Å². The van der Waals surface area contributed by atoms with Gasteiger partial charge in [0.15, 0.2) is 0 Å². The molecule has 0 fully saturated rings. The second-order valence-electron chi connectivity index (χ2n) is 7.28. The van der Waals surface area contributed by atoms with E-state index in [2.05, 4.69) is 63.7 Å². The van der Waals surface area contributed by atoms with Crippen LogP contribution in [0.5, 0.6) is 11.5 Å². The summed E-state index contributed by atoms with van der Waals surface area (Å²) in [6.07, 6.45) is 0. The molecule has 0 aromatic heterocycles. The van der Waals surface area contributed by atoms with Gasteiger partial charge in [0.25, 0.3) is 0 Å². The van der Waals surface area contributed by atoms with Crippen molar-refractivity contribution in [2.45, 2.75) is 27.7 Å². The molecule has 11 nitrogen and oxygen atoms in total. The van der Waals surface area contributed by atoms with Gasteiger partial charge in [-0.2, -0.15) is 0 Å². The molecule has 1 rings (SSSR count). The minimum absolute atomic E-state index is 0. The average molecular weight is 781 g/mol. The van der Waals surface area contributed by atoms with Gasteiger partial charge in [0, 0.05) is 25.0 Å². The first-order valence-electron chi connectivity index (χ1n) is 8.71. The Labute approximate surface area is 238 Å². The third kappa shape index (κ3) is 22.5. The molecule has 0 aliphatic rings. The van der Waals surface area contributed by atoms with E-state index in [9.17, 15) is 10.2 Å². The molecule has 0 atom stereocenters. The Kier molecular flexibility index (Phi) is 29.8. The summed E-state index contributed by atoms with van der Waals surface area (Å²) in [6, 6.07) is 0. The Morgan fingerprint density at radius 2 is 0.848 bits per heavy atom. The van der Waals surface area contributed by atoms with Crippen molar-refractivity contribution in [2.75, 3.05) is 33.3 Å².